The average molecular weight is 769 g/mol. The summed E-state index contributed by atoms with van der Waals surface area (Å²) in [5.74, 6) is 0.710. The molecule has 0 radical (unpaired) electrons. The number of hydrogen-bond acceptors (Lipinski definition) is 3. The first-order chi connectivity index (χ1) is 29.1. The molecule has 9 aromatic carbocycles. The zero-order chi connectivity index (χ0) is 39.1. The van der Waals surface area contributed by atoms with Gasteiger partial charge in [0.1, 0.15) is 0 Å². The Labute approximate surface area is 346 Å². The molecule has 11 aromatic rings. The van der Waals surface area contributed by atoms with E-state index in [1.807, 2.05) is 17.4 Å². The summed E-state index contributed by atoms with van der Waals surface area (Å²) in [6.45, 7) is 2.37. The van der Waals surface area contributed by atoms with Crippen LogP contribution in [0.1, 0.15) is 23.6 Å². The summed E-state index contributed by atoms with van der Waals surface area (Å²) in [4.78, 5) is 10.7. The molecule has 1 aliphatic rings. The van der Waals surface area contributed by atoms with Gasteiger partial charge in [0.05, 0.1) is 11.4 Å². The first kappa shape index (κ1) is 33.9. The van der Waals surface area contributed by atoms with E-state index in [0.29, 0.717) is 5.82 Å². The van der Waals surface area contributed by atoms with E-state index in [4.69, 9.17) is 9.97 Å². The standard InChI is InChI=1S/C56H36N2S/c1-56(39-21-6-3-7-22-39)48-28-13-12-26-44(48)52-45(27-15-29-49(52)56)51-34-50(57-55(58-51)36-17-4-2-5-18-36)38-20-14-19-37(32-38)46-33-47-43-31-30-35-16-8-9-23-40(35)53(43)59-54(47)42-25-11-10-24-41(42)46/h2-34H,1H3. The minimum absolute atomic E-state index is 0.305. The van der Waals surface area contributed by atoms with Crippen molar-refractivity contribution in [1.82, 2.24) is 9.97 Å². The van der Waals surface area contributed by atoms with Gasteiger partial charge in [-0.15, -0.1) is 11.3 Å². The van der Waals surface area contributed by atoms with Gasteiger partial charge >= 0.3 is 0 Å². The maximum Gasteiger partial charge on any atom is 0.160 e. The molecular weight excluding hydrogens is 733 g/mol. The molecule has 0 bridgehead atoms. The SMILES string of the molecule is CC1(c2ccccc2)c2ccccc2-c2c(-c3cc(-c4cccc(-c5cc6c7ccc8ccccc8c7sc6c6ccccc56)c4)nc(-c4ccccc4)n3)cccc21. The highest BCUT2D eigenvalue weighted by Gasteiger charge is 2.41. The highest BCUT2D eigenvalue weighted by Crippen LogP contribution is 2.55. The maximum absolute atomic E-state index is 5.36. The first-order valence-electron chi connectivity index (χ1n) is 20.2. The van der Waals surface area contributed by atoms with Gasteiger partial charge in [-0.2, -0.15) is 0 Å². The Bertz CT molecular complexity index is 3460. The van der Waals surface area contributed by atoms with Crippen LogP contribution in [0.15, 0.2) is 200 Å². The van der Waals surface area contributed by atoms with Crippen molar-refractivity contribution in [3.05, 3.63) is 217 Å². The fourth-order valence-corrected chi connectivity index (χ4v) is 11.1. The Kier molecular flexibility index (Phi) is 7.57. The third-order valence-electron chi connectivity index (χ3n) is 12.6. The van der Waals surface area contributed by atoms with E-state index in [0.717, 1.165) is 33.6 Å². The van der Waals surface area contributed by atoms with Gasteiger partial charge in [-0.25, -0.2) is 9.97 Å². The fraction of sp³-hybridized carbons (Fsp3) is 0.0357. The van der Waals surface area contributed by atoms with E-state index in [2.05, 4.69) is 201 Å². The summed E-state index contributed by atoms with van der Waals surface area (Å²) < 4.78 is 2.68. The Morgan fingerprint density at radius 2 is 1.00 bits per heavy atom. The van der Waals surface area contributed by atoms with E-state index in [1.54, 1.807) is 0 Å². The third-order valence-corrected chi connectivity index (χ3v) is 13.8. The van der Waals surface area contributed by atoms with Crippen LogP contribution in [0.3, 0.4) is 0 Å². The molecule has 0 fully saturated rings. The summed E-state index contributed by atoms with van der Waals surface area (Å²) >= 11 is 1.91. The molecule has 276 valence electrons. The van der Waals surface area contributed by atoms with Crippen LogP contribution in [0, 0.1) is 0 Å². The van der Waals surface area contributed by atoms with Crippen LogP contribution < -0.4 is 0 Å². The van der Waals surface area contributed by atoms with E-state index < -0.39 is 0 Å². The molecule has 59 heavy (non-hydrogen) atoms. The lowest BCUT2D eigenvalue weighted by molar-refractivity contribution is 0.714. The van der Waals surface area contributed by atoms with Crippen LogP contribution in [0.4, 0.5) is 0 Å². The lowest BCUT2D eigenvalue weighted by Gasteiger charge is -2.28. The van der Waals surface area contributed by atoms with Gasteiger partial charge < -0.3 is 0 Å². The van der Waals surface area contributed by atoms with Gasteiger partial charge in [0.25, 0.3) is 0 Å². The number of hydrogen-bond donors (Lipinski definition) is 0. The first-order valence-corrected chi connectivity index (χ1v) is 21.1. The van der Waals surface area contributed by atoms with E-state index in [9.17, 15) is 0 Å². The molecule has 2 nitrogen and oxygen atoms in total. The fourth-order valence-electron chi connectivity index (χ4n) is 9.70. The lowest BCUT2D eigenvalue weighted by atomic mass is 9.74. The zero-order valence-corrected chi connectivity index (χ0v) is 33.2. The summed E-state index contributed by atoms with van der Waals surface area (Å²) in [5, 5.41) is 7.72. The number of aromatic nitrogens is 2. The van der Waals surface area contributed by atoms with Crippen molar-refractivity contribution in [2.45, 2.75) is 12.3 Å². The molecule has 0 saturated heterocycles. The molecule has 12 rings (SSSR count). The smallest absolute Gasteiger partial charge is 0.160 e. The molecule has 2 aromatic heterocycles. The van der Waals surface area contributed by atoms with Crippen LogP contribution >= 0.6 is 11.3 Å². The Morgan fingerprint density at radius 1 is 0.390 bits per heavy atom. The van der Waals surface area contributed by atoms with E-state index >= 15 is 0 Å². The van der Waals surface area contributed by atoms with Crippen molar-refractivity contribution in [2.75, 3.05) is 0 Å². The van der Waals surface area contributed by atoms with Gasteiger partial charge in [-0.05, 0) is 80.2 Å². The summed E-state index contributed by atoms with van der Waals surface area (Å²) in [6, 6.07) is 72.6. The molecule has 0 N–H and O–H groups in total. The van der Waals surface area contributed by atoms with Crippen LogP contribution in [0.5, 0.6) is 0 Å². The summed E-state index contributed by atoms with van der Waals surface area (Å²) in [6.07, 6.45) is 0. The molecule has 0 saturated carbocycles. The largest absolute Gasteiger partial charge is 0.228 e. The molecule has 1 atom stereocenters. The molecule has 0 spiro atoms. The Balaban J connectivity index is 1.06. The number of thiophene rings is 1. The van der Waals surface area contributed by atoms with Crippen molar-refractivity contribution < 1.29 is 0 Å². The Morgan fingerprint density at radius 3 is 1.86 bits per heavy atom. The molecule has 2 heterocycles. The van der Waals surface area contributed by atoms with E-state index in [-0.39, 0.29) is 5.41 Å². The lowest BCUT2D eigenvalue weighted by Crippen LogP contribution is -2.22. The van der Waals surface area contributed by atoms with Crippen molar-refractivity contribution in [3.63, 3.8) is 0 Å². The second-order valence-electron chi connectivity index (χ2n) is 15.8. The predicted octanol–water partition coefficient (Wildman–Crippen LogP) is 15.2. The van der Waals surface area contributed by atoms with Gasteiger partial charge in [0.2, 0.25) is 0 Å². The highest BCUT2D eigenvalue weighted by molar-refractivity contribution is 7.27. The van der Waals surface area contributed by atoms with Crippen molar-refractivity contribution in [1.29, 1.82) is 0 Å². The monoisotopic (exact) mass is 768 g/mol. The van der Waals surface area contributed by atoms with Crippen LogP contribution in [-0.2, 0) is 5.41 Å². The highest BCUT2D eigenvalue weighted by atomic mass is 32.1. The van der Waals surface area contributed by atoms with Crippen LogP contribution in [0.2, 0.25) is 0 Å². The van der Waals surface area contributed by atoms with Gasteiger partial charge in [0, 0.05) is 47.7 Å². The quantitative estimate of drug-likeness (QED) is 0.174. The predicted molar refractivity (Wildman–Crippen MR) is 249 cm³/mol. The minimum Gasteiger partial charge on any atom is -0.228 e. The molecule has 0 aliphatic heterocycles. The van der Waals surface area contributed by atoms with Crippen molar-refractivity contribution in [3.8, 4) is 56.2 Å². The number of rotatable bonds is 5. The normalized spacial score (nSPS) is 14.6. The average Bonchev–Trinajstić information content (AvgIpc) is 3.83. The number of nitrogens with zero attached hydrogens (tertiary/aromatic N) is 2. The van der Waals surface area contributed by atoms with E-state index in [1.165, 1.54) is 75.1 Å². The summed E-state index contributed by atoms with van der Waals surface area (Å²) in [5.41, 5.74) is 13.4. The second kappa shape index (κ2) is 13.2. The maximum atomic E-state index is 5.36. The topological polar surface area (TPSA) is 25.8 Å². The summed E-state index contributed by atoms with van der Waals surface area (Å²) in [7, 11) is 0. The second-order valence-corrected chi connectivity index (χ2v) is 16.8. The van der Waals surface area contributed by atoms with Crippen molar-refractivity contribution >= 4 is 53.1 Å². The molecule has 1 unspecified atom stereocenters. The van der Waals surface area contributed by atoms with Crippen LogP contribution in [-0.4, -0.2) is 9.97 Å². The van der Waals surface area contributed by atoms with Gasteiger partial charge in [-0.3, -0.25) is 0 Å². The number of fused-ring (bicyclic) bond motifs is 10. The van der Waals surface area contributed by atoms with Crippen molar-refractivity contribution in [2.24, 2.45) is 0 Å². The third kappa shape index (κ3) is 5.18. The molecule has 0 amide bonds. The minimum atomic E-state index is -0.305. The molecule has 3 heteroatoms. The van der Waals surface area contributed by atoms with Gasteiger partial charge in [0.15, 0.2) is 5.82 Å². The number of benzene rings is 9. The Hall–Kier alpha value is -7.20. The molecule has 1 aliphatic carbocycles. The van der Waals surface area contributed by atoms with Crippen LogP contribution in [0.25, 0.3) is 97.9 Å². The zero-order valence-electron chi connectivity index (χ0n) is 32.4. The van der Waals surface area contributed by atoms with Gasteiger partial charge in [-0.1, -0.05) is 182 Å². The molecular formula is C56H36N2S.